The van der Waals surface area contributed by atoms with Gasteiger partial charge in [-0.3, -0.25) is 18.6 Å². The highest BCUT2D eigenvalue weighted by Gasteiger charge is 2.20. The van der Waals surface area contributed by atoms with Crippen molar-refractivity contribution in [3.8, 4) is 0 Å². The van der Waals surface area contributed by atoms with Crippen LogP contribution in [0.25, 0.3) is 16.7 Å². The number of fused-ring (bicyclic) bond motifs is 3. The predicted octanol–water partition coefficient (Wildman–Crippen LogP) is 4.78. The average molecular weight is 484 g/mol. The Morgan fingerprint density at radius 2 is 1.60 bits per heavy atom. The van der Waals surface area contributed by atoms with Crippen LogP contribution in [0.1, 0.15) is 18.9 Å². The minimum Gasteiger partial charge on any atom is -0.307 e. The summed E-state index contributed by atoms with van der Waals surface area (Å²) in [4.78, 5) is 28.3. The average Bonchev–Trinajstić information content (AvgIpc) is 3.33. The maximum absolute atomic E-state index is 13.5. The molecule has 3 aromatic carbocycles. The molecule has 8 heteroatoms. The van der Waals surface area contributed by atoms with E-state index in [9.17, 15) is 9.59 Å². The topological polar surface area (TPSA) is 72.5 Å². The van der Waals surface area contributed by atoms with E-state index in [0.29, 0.717) is 29.4 Å². The highest BCUT2D eigenvalue weighted by Crippen LogP contribution is 2.24. The van der Waals surface area contributed by atoms with Crippen LogP contribution in [0.2, 0.25) is 0 Å². The lowest BCUT2D eigenvalue weighted by atomic mass is 10.2. The van der Waals surface area contributed by atoms with Crippen molar-refractivity contribution in [2.45, 2.75) is 31.6 Å². The van der Waals surface area contributed by atoms with Gasteiger partial charge in [-0.1, -0.05) is 79.3 Å². The van der Waals surface area contributed by atoms with Crippen LogP contribution in [-0.2, 0) is 17.9 Å². The van der Waals surface area contributed by atoms with Gasteiger partial charge in [-0.2, -0.15) is 0 Å². The molecule has 5 aromatic rings. The van der Waals surface area contributed by atoms with Crippen LogP contribution in [0.3, 0.4) is 0 Å². The molecule has 0 N–H and O–H groups in total. The van der Waals surface area contributed by atoms with E-state index in [2.05, 4.69) is 10.2 Å². The maximum atomic E-state index is 13.5. The molecule has 0 bridgehead atoms. The number of hydrogen-bond acceptors (Lipinski definition) is 5. The van der Waals surface area contributed by atoms with E-state index in [1.54, 1.807) is 9.47 Å². The first kappa shape index (κ1) is 22.9. The van der Waals surface area contributed by atoms with Gasteiger partial charge in [-0.05, 0) is 36.2 Å². The van der Waals surface area contributed by atoms with E-state index in [0.717, 1.165) is 23.2 Å². The Balaban J connectivity index is 1.48. The first-order chi connectivity index (χ1) is 17.2. The van der Waals surface area contributed by atoms with Crippen LogP contribution in [0.4, 0.5) is 5.69 Å². The Bertz CT molecular complexity index is 1530. The number of benzene rings is 3. The van der Waals surface area contributed by atoms with Gasteiger partial charge in [0.2, 0.25) is 11.7 Å². The van der Waals surface area contributed by atoms with E-state index in [-0.39, 0.29) is 17.2 Å². The molecular weight excluding hydrogens is 458 g/mol. The number of aryl methyl sites for hydroxylation is 1. The van der Waals surface area contributed by atoms with Crippen LogP contribution in [-0.4, -0.2) is 30.8 Å². The van der Waals surface area contributed by atoms with Gasteiger partial charge < -0.3 is 4.90 Å². The summed E-state index contributed by atoms with van der Waals surface area (Å²) in [5, 5.41) is 9.88. The monoisotopic (exact) mass is 483 g/mol. The lowest BCUT2D eigenvalue weighted by Crippen LogP contribution is -2.32. The summed E-state index contributed by atoms with van der Waals surface area (Å²) in [7, 11) is 0. The first-order valence-corrected chi connectivity index (χ1v) is 12.5. The largest absolute Gasteiger partial charge is 0.307 e. The van der Waals surface area contributed by atoms with Crippen LogP contribution in [0.15, 0.2) is 94.9 Å². The molecule has 35 heavy (non-hydrogen) atoms. The van der Waals surface area contributed by atoms with E-state index in [1.807, 2.05) is 96.3 Å². The van der Waals surface area contributed by atoms with Crippen LogP contribution >= 0.6 is 11.8 Å². The molecule has 2 aromatic heterocycles. The van der Waals surface area contributed by atoms with Gasteiger partial charge in [0, 0.05) is 12.2 Å². The molecule has 0 aliphatic carbocycles. The van der Waals surface area contributed by atoms with E-state index in [1.165, 1.54) is 11.8 Å². The van der Waals surface area contributed by atoms with Crippen molar-refractivity contribution in [2.24, 2.45) is 0 Å². The normalized spacial score (nSPS) is 11.2. The lowest BCUT2D eigenvalue weighted by molar-refractivity contribution is -0.116. The number of nitrogens with zero attached hydrogens (tertiary/aromatic N) is 5. The van der Waals surface area contributed by atoms with E-state index in [4.69, 9.17) is 0 Å². The standard InChI is InChI=1S/C27H25N5O2S/c1-2-17-30-25(34)22-15-9-10-16-23(22)32-26(30)28-29-27(32)35-19-24(33)31(21-13-7-4-8-14-21)18-20-11-5-3-6-12-20/h3-16H,2,17-19H2,1H3. The fraction of sp³-hybridized carbons (Fsp3) is 0.185. The van der Waals surface area contributed by atoms with E-state index >= 15 is 0 Å². The zero-order chi connectivity index (χ0) is 24.2. The molecule has 176 valence electrons. The minimum absolute atomic E-state index is 0.0343. The van der Waals surface area contributed by atoms with Gasteiger partial charge in [0.05, 0.1) is 23.2 Å². The lowest BCUT2D eigenvalue weighted by Gasteiger charge is -2.23. The van der Waals surface area contributed by atoms with Gasteiger partial charge >= 0.3 is 0 Å². The molecule has 5 rings (SSSR count). The molecule has 0 saturated heterocycles. The number of aromatic nitrogens is 4. The third-order valence-electron chi connectivity index (χ3n) is 5.80. The molecule has 1 amide bonds. The summed E-state index contributed by atoms with van der Waals surface area (Å²) in [6, 6.07) is 27.1. The zero-order valence-electron chi connectivity index (χ0n) is 19.4. The third kappa shape index (κ3) is 4.57. The number of carbonyl (C=O) groups is 1. The number of para-hydroxylation sites is 2. The molecule has 0 unspecified atom stereocenters. The van der Waals surface area contributed by atoms with Crippen molar-refractivity contribution in [3.05, 3.63) is 101 Å². The summed E-state index contributed by atoms with van der Waals surface area (Å²) in [5.74, 6) is 0.645. The molecule has 2 heterocycles. The fourth-order valence-corrected chi connectivity index (χ4v) is 4.97. The number of thioether (sulfide) groups is 1. The minimum atomic E-state index is -0.0758. The number of anilines is 1. The van der Waals surface area contributed by atoms with Gasteiger partial charge in [0.25, 0.3) is 5.56 Å². The molecule has 0 spiro atoms. The van der Waals surface area contributed by atoms with Crippen molar-refractivity contribution < 1.29 is 4.79 Å². The van der Waals surface area contributed by atoms with Crippen molar-refractivity contribution in [2.75, 3.05) is 10.7 Å². The first-order valence-electron chi connectivity index (χ1n) is 11.6. The molecule has 0 aliphatic rings. The summed E-state index contributed by atoms with van der Waals surface area (Å²) >= 11 is 1.33. The zero-order valence-corrected chi connectivity index (χ0v) is 20.2. The highest BCUT2D eigenvalue weighted by molar-refractivity contribution is 7.99. The van der Waals surface area contributed by atoms with Crippen LogP contribution in [0.5, 0.6) is 0 Å². The Hall–Kier alpha value is -3.91. The molecular formula is C27H25N5O2S. The second kappa shape index (κ2) is 10.1. The Labute approximate surface area is 207 Å². The second-order valence-corrected chi connectivity index (χ2v) is 9.12. The number of carbonyl (C=O) groups excluding carboxylic acids is 1. The highest BCUT2D eigenvalue weighted by atomic mass is 32.2. The van der Waals surface area contributed by atoms with Crippen LogP contribution in [0, 0.1) is 0 Å². The number of hydrogen-bond donors (Lipinski definition) is 0. The van der Waals surface area contributed by atoms with Crippen molar-refractivity contribution in [1.82, 2.24) is 19.2 Å². The Kier molecular flexibility index (Phi) is 6.63. The fourth-order valence-electron chi connectivity index (χ4n) is 4.15. The summed E-state index contributed by atoms with van der Waals surface area (Å²) in [6.45, 7) is 3.05. The second-order valence-electron chi connectivity index (χ2n) is 8.18. The molecule has 0 atom stereocenters. The molecule has 0 radical (unpaired) electrons. The van der Waals surface area contributed by atoms with Crippen molar-refractivity contribution in [3.63, 3.8) is 0 Å². The van der Waals surface area contributed by atoms with Crippen molar-refractivity contribution >= 4 is 40.0 Å². The molecule has 0 fully saturated rings. The summed E-state index contributed by atoms with van der Waals surface area (Å²) < 4.78 is 3.54. The third-order valence-corrected chi connectivity index (χ3v) is 6.72. The van der Waals surface area contributed by atoms with Gasteiger partial charge in [-0.15, -0.1) is 10.2 Å². The number of amides is 1. The van der Waals surface area contributed by atoms with Crippen molar-refractivity contribution in [1.29, 1.82) is 0 Å². The molecule has 7 nitrogen and oxygen atoms in total. The van der Waals surface area contributed by atoms with Gasteiger partial charge in [0.15, 0.2) is 5.16 Å². The quantitative estimate of drug-likeness (QED) is 0.297. The molecule has 0 saturated carbocycles. The summed E-state index contributed by atoms with van der Waals surface area (Å²) in [5.41, 5.74) is 2.56. The smallest absolute Gasteiger partial charge is 0.262 e. The molecule has 0 aliphatic heterocycles. The van der Waals surface area contributed by atoms with Crippen LogP contribution < -0.4 is 10.5 Å². The summed E-state index contributed by atoms with van der Waals surface area (Å²) in [6.07, 6.45) is 0.799. The SMILES string of the molecule is CCCn1c(=O)c2ccccc2n2c(SCC(=O)N(Cc3ccccc3)c3ccccc3)nnc12. The Morgan fingerprint density at radius 3 is 2.34 bits per heavy atom. The Morgan fingerprint density at radius 1 is 0.914 bits per heavy atom. The van der Waals surface area contributed by atoms with E-state index < -0.39 is 0 Å². The van der Waals surface area contributed by atoms with Gasteiger partial charge in [-0.25, -0.2) is 0 Å². The predicted molar refractivity (Wildman–Crippen MR) is 140 cm³/mol. The number of rotatable bonds is 8. The van der Waals surface area contributed by atoms with Gasteiger partial charge in [0.1, 0.15) is 0 Å². The maximum Gasteiger partial charge on any atom is 0.262 e.